The van der Waals surface area contributed by atoms with Gasteiger partial charge in [-0.25, -0.2) is 0 Å². The fourth-order valence-electron chi connectivity index (χ4n) is 1.91. The Labute approximate surface area is 134 Å². The molecule has 1 atom stereocenters. The maximum atomic E-state index is 13.2. The van der Waals surface area contributed by atoms with Crippen molar-refractivity contribution >= 4 is 17.5 Å². The molecule has 1 aromatic carbocycles. The van der Waals surface area contributed by atoms with Crippen molar-refractivity contribution < 1.29 is 18.0 Å². The average molecular weight is 345 g/mol. The molecule has 0 aliphatic rings. The number of carbonyl (C=O) groups excluding carboxylic acids is 1. The molecule has 1 heterocycles. The third-order valence-corrected chi connectivity index (χ3v) is 3.42. The minimum atomic E-state index is -4.69. The van der Waals surface area contributed by atoms with Crippen LogP contribution in [0.1, 0.15) is 22.0 Å². The lowest BCUT2D eigenvalue weighted by Gasteiger charge is -2.22. The number of amides is 1. The van der Waals surface area contributed by atoms with Crippen LogP contribution in [0.5, 0.6) is 0 Å². The predicted octanol–water partition coefficient (Wildman–Crippen LogP) is 3.07. The van der Waals surface area contributed by atoms with Crippen LogP contribution in [-0.4, -0.2) is 16.7 Å². The number of hydrogen-bond donors (Lipinski definition) is 1. The summed E-state index contributed by atoms with van der Waals surface area (Å²) in [5.41, 5.74) is -0.789. The van der Waals surface area contributed by atoms with Crippen LogP contribution >= 0.6 is 11.6 Å². The summed E-state index contributed by atoms with van der Waals surface area (Å²) >= 11 is 5.66. The minimum absolute atomic E-state index is 0.142. The summed E-state index contributed by atoms with van der Waals surface area (Å²) in [7, 11) is 1.47. The molecule has 8 heteroatoms. The summed E-state index contributed by atoms with van der Waals surface area (Å²) in [5, 5.41) is 2.19. The number of benzene rings is 1. The van der Waals surface area contributed by atoms with Crippen LogP contribution in [0.15, 0.2) is 47.4 Å². The van der Waals surface area contributed by atoms with Crippen molar-refractivity contribution in [2.75, 3.05) is 0 Å². The Balaban J connectivity index is 2.31. The van der Waals surface area contributed by atoms with E-state index < -0.39 is 23.7 Å². The van der Waals surface area contributed by atoms with E-state index in [0.29, 0.717) is 0 Å². The fraction of sp³-hybridized carbons (Fsp3) is 0.200. The molecular formula is C15H12ClF3N2O2. The molecule has 1 N–H and O–H groups in total. The van der Waals surface area contributed by atoms with Crippen molar-refractivity contribution in [3.8, 4) is 0 Å². The molecule has 0 radical (unpaired) electrons. The van der Waals surface area contributed by atoms with Gasteiger partial charge < -0.3 is 9.88 Å². The van der Waals surface area contributed by atoms with E-state index in [0.717, 1.165) is 6.07 Å². The molecule has 0 spiro atoms. The smallest absolute Gasteiger partial charge is 0.337 e. The summed E-state index contributed by atoms with van der Waals surface area (Å²) in [5.74, 6) is -0.986. The topological polar surface area (TPSA) is 51.1 Å². The largest absolute Gasteiger partial charge is 0.412 e. The Morgan fingerprint density at radius 2 is 1.83 bits per heavy atom. The third kappa shape index (κ3) is 4.13. The van der Waals surface area contributed by atoms with Crippen molar-refractivity contribution in [2.24, 2.45) is 7.05 Å². The number of hydrogen-bond acceptors (Lipinski definition) is 2. The lowest BCUT2D eigenvalue weighted by molar-refractivity contribution is -0.155. The molecule has 1 amide bonds. The van der Waals surface area contributed by atoms with E-state index in [2.05, 4.69) is 0 Å². The number of pyridine rings is 1. The molecule has 1 aromatic heterocycles. The molecule has 0 aliphatic carbocycles. The van der Waals surface area contributed by atoms with Crippen LogP contribution in [-0.2, 0) is 7.05 Å². The maximum Gasteiger partial charge on any atom is 0.412 e. The lowest BCUT2D eigenvalue weighted by atomic mass is 10.1. The van der Waals surface area contributed by atoms with E-state index >= 15 is 0 Å². The van der Waals surface area contributed by atoms with Crippen molar-refractivity contribution in [1.82, 2.24) is 9.88 Å². The van der Waals surface area contributed by atoms with E-state index in [4.69, 9.17) is 11.6 Å². The molecule has 2 aromatic rings. The van der Waals surface area contributed by atoms with E-state index in [9.17, 15) is 22.8 Å². The molecule has 0 aliphatic heterocycles. The molecule has 2 rings (SSSR count). The second-order valence-corrected chi connectivity index (χ2v) is 5.30. The van der Waals surface area contributed by atoms with Crippen LogP contribution in [0.2, 0.25) is 5.02 Å². The maximum absolute atomic E-state index is 13.2. The van der Waals surface area contributed by atoms with Crippen molar-refractivity contribution in [2.45, 2.75) is 12.2 Å². The van der Waals surface area contributed by atoms with Gasteiger partial charge in [0.1, 0.15) is 0 Å². The number of nitrogens with one attached hydrogen (secondary N) is 1. The highest BCUT2D eigenvalue weighted by molar-refractivity contribution is 6.30. The van der Waals surface area contributed by atoms with Gasteiger partial charge in [0.15, 0.2) is 6.04 Å². The molecule has 1 unspecified atom stereocenters. The second-order valence-electron chi connectivity index (χ2n) is 4.86. The van der Waals surface area contributed by atoms with Crippen molar-refractivity contribution in [3.05, 3.63) is 69.1 Å². The molecule has 0 bridgehead atoms. The Morgan fingerprint density at radius 1 is 1.22 bits per heavy atom. The van der Waals surface area contributed by atoms with Gasteiger partial charge in [0, 0.05) is 29.9 Å². The molecule has 0 fully saturated rings. The van der Waals surface area contributed by atoms with Crippen molar-refractivity contribution in [1.29, 1.82) is 0 Å². The van der Waals surface area contributed by atoms with Gasteiger partial charge in [-0.3, -0.25) is 9.59 Å². The van der Waals surface area contributed by atoms with Crippen LogP contribution < -0.4 is 10.9 Å². The highest BCUT2D eigenvalue weighted by Gasteiger charge is 2.42. The molecular weight excluding hydrogens is 333 g/mol. The first-order valence-corrected chi connectivity index (χ1v) is 6.86. The minimum Gasteiger partial charge on any atom is -0.337 e. The molecule has 0 saturated heterocycles. The Hall–Kier alpha value is -2.28. The van der Waals surface area contributed by atoms with Gasteiger partial charge in [-0.05, 0) is 23.8 Å². The van der Waals surface area contributed by atoms with Gasteiger partial charge in [-0.2, -0.15) is 13.2 Å². The SMILES string of the molecule is Cn1ccc(C(=O)NC(c2ccc(Cl)cc2)C(F)(F)F)cc1=O. The van der Waals surface area contributed by atoms with Gasteiger partial charge in [-0.1, -0.05) is 23.7 Å². The van der Waals surface area contributed by atoms with E-state index in [1.165, 1.54) is 48.1 Å². The molecule has 122 valence electrons. The standard InChI is InChI=1S/C15H12ClF3N2O2/c1-21-7-6-10(8-12(21)22)14(23)20-13(15(17,18)19)9-2-4-11(16)5-3-9/h2-8,13H,1H3,(H,20,23). The lowest BCUT2D eigenvalue weighted by Crippen LogP contribution is -2.38. The first-order valence-electron chi connectivity index (χ1n) is 6.48. The number of alkyl halides is 3. The second kappa shape index (κ2) is 6.45. The van der Waals surface area contributed by atoms with Gasteiger partial charge in [-0.15, -0.1) is 0 Å². The monoisotopic (exact) mass is 344 g/mol. The van der Waals surface area contributed by atoms with Gasteiger partial charge in [0.2, 0.25) is 0 Å². The Bertz CT molecular complexity index is 770. The van der Waals surface area contributed by atoms with Gasteiger partial charge >= 0.3 is 6.18 Å². The number of halogens is 4. The number of carbonyl (C=O) groups is 1. The van der Waals surface area contributed by atoms with Gasteiger partial charge in [0.25, 0.3) is 11.5 Å². The zero-order chi connectivity index (χ0) is 17.2. The molecule has 23 heavy (non-hydrogen) atoms. The van der Waals surface area contributed by atoms with E-state index in [1.807, 2.05) is 5.32 Å². The summed E-state index contributed by atoms with van der Waals surface area (Å²) in [4.78, 5) is 23.5. The highest BCUT2D eigenvalue weighted by atomic mass is 35.5. The Kier molecular flexibility index (Phi) is 4.79. The Morgan fingerprint density at radius 3 is 2.35 bits per heavy atom. The summed E-state index contributed by atoms with van der Waals surface area (Å²) in [6, 6.07) is 5.03. The highest BCUT2D eigenvalue weighted by Crippen LogP contribution is 2.33. The van der Waals surface area contributed by atoms with Crippen LogP contribution in [0.4, 0.5) is 13.2 Å². The molecule has 0 saturated carbocycles. The van der Waals surface area contributed by atoms with E-state index in [1.54, 1.807) is 0 Å². The van der Waals surface area contributed by atoms with E-state index in [-0.39, 0.29) is 16.1 Å². The number of nitrogens with zero attached hydrogens (tertiary/aromatic N) is 1. The number of aryl methyl sites for hydroxylation is 1. The normalized spacial score (nSPS) is 12.7. The fourth-order valence-corrected chi connectivity index (χ4v) is 2.04. The zero-order valence-corrected chi connectivity index (χ0v) is 12.7. The first-order chi connectivity index (χ1) is 10.7. The first kappa shape index (κ1) is 17.1. The summed E-state index contributed by atoms with van der Waals surface area (Å²) in [6.07, 6.45) is -3.38. The zero-order valence-electron chi connectivity index (χ0n) is 11.9. The molecule has 4 nitrogen and oxygen atoms in total. The van der Waals surface area contributed by atoms with Crippen LogP contribution in [0, 0.1) is 0 Å². The average Bonchev–Trinajstić information content (AvgIpc) is 2.47. The van der Waals surface area contributed by atoms with Crippen LogP contribution in [0.3, 0.4) is 0 Å². The third-order valence-electron chi connectivity index (χ3n) is 3.17. The summed E-state index contributed by atoms with van der Waals surface area (Å²) < 4.78 is 40.8. The van der Waals surface area contributed by atoms with Crippen LogP contribution in [0.25, 0.3) is 0 Å². The summed E-state index contributed by atoms with van der Waals surface area (Å²) in [6.45, 7) is 0. The predicted molar refractivity (Wildman–Crippen MR) is 79.4 cm³/mol. The van der Waals surface area contributed by atoms with Crippen molar-refractivity contribution in [3.63, 3.8) is 0 Å². The number of rotatable bonds is 3. The number of aromatic nitrogens is 1. The van der Waals surface area contributed by atoms with Gasteiger partial charge in [0.05, 0.1) is 0 Å². The quantitative estimate of drug-likeness (QED) is 0.930.